The number of hydrogen-bond acceptors (Lipinski definition) is 3. The summed E-state index contributed by atoms with van der Waals surface area (Å²) >= 11 is 12.1. The van der Waals surface area contributed by atoms with Gasteiger partial charge in [0.05, 0.1) is 15.6 Å². The lowest BCUT2D eigenvalue weighted by Crippen LogP contribution is -2.41. The smallest absolute Gasteiger partial charge is 0.243 e. The van der Waals surface area contributed by atoms with Gasteiger partial charge in [0.15, 0.2) is 0 Å². The molecule has 160 valence electrons. The van der Waals surface area contributed by atoms with Gasteiger partial charge >= 0.3 is 0 Å². The van der Waals surface area contributed by atoms with E-state index in [4.69, 9.17) is 23.2 Å². The highest BCUT2D eigenvalue weighted by atomic mass is 35.5. The molecule has 5 nitrogen and oxygen atoms in total. The highest BCUT2D eigenvalue weighted by molar-refractivity contribution is 7.89. The van der Waals surface area contributed by atoms with Gasteiger partial charge in [-0.25, -0.2) is 8.42 Å². The SMILES string of the molecule is O=C(Nc1cc(Cl)ccc1Cl)C1CCN(S(=O)(=O)c2ccc3c(c2)CCCC3)CC1. The van der Waals surface area contributed by atoms with Gasteiger partial charge in [0.1, 0.15) is 0 Å². The topological polar surface area (TPSA) is 66.5 Å². The molecular weight excluding hydrogens is 443 g/mol. The van der Waals surface area contributed by atoms with Crippen LogP contribution in [0.3, 0.4) is 0 Å². The quantitative estimate of drug-likeness (QED) is 0.695. The molecular formula is C22H24Cl2N2O3S. The summed E-state index contributed by atoms with van der Waals surface area (Å²) < 4.78 is 27.7. The van der Waals surface area contributed by atoms with Crippen LogP contribution in [0.1, 0.15) is 36.8 Å². The Balaban J connectivity index is 1.41. The summed E-state index contributed by atoms with van der Waals surface area (Å²) in [7, 11) is -3.55. The normalized spacial score (nSPS) is 18.1. The predicted molar refractivity (Wildman–Crippen MR) is 120 cm³/mol. The number of fused-ring (bicyclic) bond motifs is 1. The molecule has 0 unspecified atom stereocenters. The fourth-order valence-electron chi connectivity index (χ4n) is 4.21. The van der Waals surface area contributed by atoms with Gasteiger partial charge in [-0.15, -0.1) is 0 Å². The molecule has 1 aliphatic heterocycles. The van der Waals surface area contributed by atoms with Crippen molar-refractivity contribution in [2.45, 2.75) is 43.4 Å². The van der Waals surface area contributed by atoms with E-state index in [-0.39, 0.29) is 11.8 Å². The van der Waals surface area contributed by atoms with Crippen LogP contribution >= 0.6 is 23.2 Å². The summed E-state index contributed by atoms with van der Waals surface area (Å²) in [6.45, 7) is 0.640. The van der Waals surface area contributed by atoms with Crippen molar-refractivity contribution in [1.29, 1.82) is 0 Å². The molecule has 4 rings (SSSR count). The maximum absolute atomic E-state index is 13.1. The second kappa shape index (κ2) is 8.87. The third-order valence-corrected chi connectivity index (χ3v) is 8.43. The Morgan fingerprint density at radius 2 is 1.67 bits per heavy atom. The van der Waals surface area contributed by atoms with Crippen molar-refractivity contribution in [3.8, 4) is 0 Å². The molecule has 1 aliphatic carbocycles. The summed E-state index contributed by atoms with van der Waals surface area (Å²) in [4.78, 5) is 13.0. The molecule has 1 amide bonds. The highest BCUT2D eigenvalue weighted by Gasteiger charge is 2.32. The van der Waals surface area contributed by atoms with E-state index in [1.807, 2.05) is 12.1 Å². The number of aryl methyl sites for hydroxylation is 2. The zero-order valence-corrected chi connectivity index (χ0v) is 18.9. The van der Waals surface area contributed by atoms with Gasteiger partial charge in [-0.2, -0.15) is 4.31 Å². The van der Waals surface area contributed by atoms with Gasteiger partial charge < -0.3 is 5.32 Å². The Morgan fingerprint density at radius 1 is 0.967 bits per heavy atom. The van der Waals surface area contributed by atoms with Crippen molar-refractivity contribution in [3.05, 3.63) is 57.6 Å². The van der Waals surface area contributed by atoms with E-state index in [1.54, 1.807) is 24.3 Å². The van der Waals surface area contributed by atoms with Crippen molar-refractivity contribution in [3.63, 3.8) is 0 Å². The minimum atomic E-state index is -3.55. The lowest BCUT2D eigenvalue weighted by atomic mass is 9.92. The van der Waals surface area contributed by atoms with E-state index in [0.29, 0.717) is 46.6 Å². The number of hydrogen-bond donors (Lipinski definition) is 1. The summed E-state index contributed by atoms with van der Waals surface area (Å²) in [5, 5.41) is 3.72. The summed E-state index contributed by atoms with van der Waals surface area (Å²) in [5.41, 5.74) is 2.88. The number of rotatable bonds is 4. The molecule has 2 aliphatic rings. The zero-order valence-electron chi connectivity index (χ0n) is 16.5. The number of anilines is 1. The zero-order chi connectivity index (χ0) is 21.3. The monoisotopic (exact) mass is 466 g/mol. The van der Waals surface area contributed by atoms with Crippen LogP contribution in [0.5, 0.6) is 0 Å². The second-order valence-corrected chi connectivity index (χ2v) is 10.7. The van der Waals surface area contributed by atoms with Crippen molar-refractivity contribution in [2.75, 3.05) is 18.4 Å². The number of benzene rings is 2. The third-order valence-electron chi connectivity index (χ3n) is 5.97. The van der Waals surface area contributed by atoms with Crippen LogP contribution in [0.15, 0.2) is 41.3 Å². The van der Waals surface area contributed by atoms with E-state index < -0.39 is 10.0 Å². The van der Waals surface area contributed by atoms with E-state index in [2.05, 4.69) is 5.32 Å². The molecule has 0 radical (unpaired) electrons. The Bertz CT molecular complexity index is 1060. The van der Waals surface area contributed by atoms with Crippen molar-refractivity contribution < 1.29 is 13.2 Å². The summed E-state index contributed by atoms with van der Waals surface area (Å²) in [6.07, 6.45) is 5.16. The lowest BCUT2D eigenvalue weighted by molar-refractivity contribution is -0.120. The number of piperidine rings is 1. The molecule has 0 spiro atoms. The average molecular weight is 467 g/mol. The molecule has 30 heavy (non-hydrogen) atoms. The van der Waals surface area contributed by atoms with E-state index >= 15 is 0 Å². The Labute approximate surface area is 187 Å². The van der Waals surface area contributed by atoms with Gasteiger partial charge in [0, 0.05) is 24.0 Å². The predicted octanol–water partition coefficient (Wildman–Crippen LogP) is 4.91. The molecule has 2 aromatic rings. The van der Waals surface area contributed by atoms with Crippen LogP contribution in [0.25, 0.3) is 0 Å². The molecule has 1 saturated heterocycles. The molecule has 0 atom stereocenters. The number of halogens is 2. The Kier molecular flexibility index (Phi) is 6.39. The summed E-state index contributed by atoms with van der Waals surface area (Å²) in [6, 6.07) is 10.4. The molecule has 2 aromatic carbocycles. The second-order valence-electron chi connectivity index (χ2n) is 7.93. The molecule has 1 fully saturated rings. The fourth-order valence-corrected chi connectivity index (χ4v) is 6.06. The number of amides is 1. The van der Waals surface area contributed by atoms with Gasteiger partial charge in [0.25, 0.3) is 0 Å². The first-order valence-corrected chi connectivity index (χ1v) is 12.4. The van der Waals surface area contributed by atoms with Gasteiger partial charge in [-0.05, 0) is 80.0 Å². The molecule has 0 bridgehead atoms. The molecule has 1 N–H and O–H groups in total. The van der Waals surface area contributed by atoms with Crippen molar-refractivity contribution in [2.24, 2.45) is 5.92 Å². The maximum atomic E-state index is 13.1. The van der Waals surface area contributed by atoms with Crippen molar-refractivity contribution >= 4 is 44.8 Å². The van der Waals surface area contributed by atoms with Crippen LogP contribution in [0.4, 0.5) is 5.69 Å². The maximum Gasteiger partial charge on any atom is 0.243 e. The number of carbonyl (C=O) groups is 1. The molecule has 0 saturated carbocycles. The van der Waals surface area contributed by atoms with Gasteiger partial charge in [-0.1, -0.05) is 29.3 Å². The van der Waals surface area contributed by atoms with E-state index in [0.717, 1.165) is 31.2 Å². The molecule has 1 heterocycles. The van der Waals surface area contributed by atoms with Crippen LogP contribution < -0.4 is 5.32 Å². The fraction of sp³-hybridized carbons (Fsp3) is 0.409. The number of nitrogens with zero attached hydrogens (tertiary/aromatic N) is 1. The standard InChI is InChI=1S/C22H24Cl2N2O3S/c23-18-6-8-20(24)21(14-18)25-22(27)16-9-11-26(12-10-16)30(28,29)19-7-5-15-3-1-2-4-17(15)13-19/h5-8,13-14,16H,1-4,9-12H2,(H,25,27). The van der Waals surface area contributed by atoms with Crippen LogP contribution in [0.2, 0.25) is 10.0 Å². The van der Waals surface area contributed by atoms with Gasteiger partial charge in [-0.3, -0.25) is 4.79 Å². The average Bonchev–Trinajstić information content (AvgIpc) is 2.76. The number of carbonyl (C=O) groups excluding carboxylic acids is 1. The van der Waals surface area contributed by atoms with E-state index in [1.165, 1.54) is 9.87 Å². The number of sulfonamides is 1. The number of nitrogens with one attached hydrogen (secondary N) is 1. The third kappa shape index (κ3) is 4.52. The Morgan fingerprint density at radius 3 is 2.40 bits per heavy atom. The summed E-state index contributed by atoms with van der Waals surface area (Å²) in [5.74, 6) is -0.431. The Hall–Kier alpha value is -1.60. The largest absolute Gasteiger partial charge is 0.324 e. The minimum absolute atomic E-state index is 0.162. The van der Waals surface area contributed by atoms with Crippen LogP contribution in [0, 0.1) is 5.92 Å². The lowest BCUT2D eigenvalue weighted by Gasteiger charge is -2.31. The molecule has 0 aromatic heterocycles. The van der Waals surface area contributed by atoms with Crippen molar-refractivity contribution in [1.82, 2.24) is 4.31 Å². The minimum Gasteiger partial charge on any atom is -0.324 e. The molecule has 8 heteroatoms. The first kappa shape index (κ1) is 21.6. The van der Waals surface area contributed by atoms with E-state index in [9.17, 15) is 13.2 Å². The first-order valence-electron chi connectivity index (χ1n) is 10.2. The van der Waals surface area contributed by atoms with Crippen LogP contribution in [-0.2, 0) is 27.7 Å². The van der Waals surface area contributed by atoms with Crippen LogP contribution in [-0.4, -0.2) is 31.7 Å². The van der Waals surface area contributed by atoms with Gasteiger partial charge in [0.2, 0.25) is 15.9 Å². The highest BCUT2D eigenvalue weighted by Crippen LogP contribution is 2.30. The first-order chi connectivity index (χ1) is 14.3.